The molecule has 2 heterocycles. The highest BCUT2D eigenvalue weighted by Crippen LogP contribution is 2.38. The zero-order valence-corrected chi connectivity index (χ0v) is 21.2. The molecule has 0 fully saturated rings. The lowest BCUT2D eigenvalue weighted by Gasteiger charge is -2.30. The van der Waals surface area contributed by atoms with Gasteiger partial charge in [-0.3, -0.25) is 4.79 Å². The highest BCUT2D eigenvalue weighted by Gasteiger charge is 2.25. The van der Waals surface area contributed by atoms with Crippen molar-refractivity contribution in [2.45, 2.75) is 33.7 Å². The van der Waals surface area contributed by atoms with Gasteiger partial charge in [0.25, 0.3) is 0 Å². The summed E-state index contributed by atoms with van der Waals surface area (Å²) in [5.41, 5.74) is 3.12. The van der Waals surface area contributed by atoms with Crippen LogP contribution in [0.25, 0.3) is 10.9 Å². The number of amides is 1. The maximum absolute atomic E-state index is 13.6. The second kappa shape index (κ2) is 10.6. The summed E-state index contributed by atoms with van der Waals surface area (Å²) in [4.78, 5) is 21.0. The predicted molar refractivity (Wildman–Crippen MR) is 138 cm³/mol. The van der Waals surface area contributed by atoms with Gasteiger partial charge in [-0.2, -0.15) is 0 Å². The number of nitrogens with zero attached hydrogens (tertiary/aromatic N) is 2. The Morgan fingerprint density at radius 3 is 2.71 bits per heavy atom. The van der Waals surface area contributed by atoms with Crippen molar-refractivity contribution >= 4 is 34.1 Å². The van der Waals surface area contributed by atoms with Gasteiger partial charge in [0.1, 0.15) is 0 Å². The molecule has 3 aromatic rings. The SMILES string of the molecule is CC(C)CN(Cc1cc(Cl)c2c(c1)OCCCO2)C(=O)[C@H](C)CN(C)c1cccc2cc[nH]c12. The smallest absolute Gasteiger partial charge is 0.227 e. The Labute approximate surface area is 206 Å². The molecule has 7 heteroatoms. The lowest BCUT2D eigenvalue weighted by molar-refractivity contribution is -0.135. The second-order valence-corrected chi connectivity index (χ2v) is 9.98. The third-order valence-electron chi connectivity index (χ3n) is 6.08. The Bertz CT molecular complexity index is 1140. The van der Waals surface area contributed by atoms with Crippen molar-refractivity contribution in [3.8, 4) is 11.5 Å². The molecule has 34 heavy (non-hydrogen) atoms. The van der Waals surface area contributed by atoms with E-state index in [1.165, 1.54) is 0 Å². The summed E-state index contributed by atoms with van der Waals surface area (Å²) in [6.07, 6.45) is 2.76. The van der Waals surface area contributed by atoms with Crippen LogP contribution in [0.3, 0.4) is 0 Å². The van der Waals surface area contributed by atoms with Gasteiger partial charge in [0.2, 0.25) is 5.91 Å². The number of benzene rings is 2. The number of carbonyl (C=O) groups excluding carboxylic acids is 1. The van der Waals surface area contributed by atoms with Gasteiger partial charge in [-0.05, 0) is 35.7 Å². The molecule has 0 bridgehead atoms. The first kappa shape index (κ1) is 24.3. The third kappa shape index (κ3) is 5.44. The molecule has 0 radical (unpaired) electrons. The van der Waals surface area contributed by atoms with Crippen LogP contribution in [0.2, 0.25) is 5.02 Å². The Hall–Kier alpha value is -2.86. The number of rotatable bonds is 8. The Morgan fingerprint density at radius 1 is 1.12 bits per heavy atom. The molecular weight excluding hydrogens is 450 g/mol. The molecule has 0 unspecified atom stereocenters. The Morgan fingerprint density at radius 2 is 1.91 bits per heavy atom. The van der Waals surface area contributed by atoms with Crippen LogP contribution in [-0.2, 0) is 11.3 Å². The molecule has 0 aliphatic carbocycles. The van der Waals surface area contributed by atoms with Gasteiger partial charge in [0.05, 0.1) is 35.4 Å². The summed E-state index contributed by atoms with van der Waals surface area (Å²) in [5, 5.41) is 1.69. The first-order chi connectivity index (χ1) is 16.3. The van der Waals surface area contributed by atoms with E-state index < -0.39 is 0 Å². The second-order valence-electron chi connectivity index (χ2n) is 9.57. The van der Waals surface area contributed by atoms with Gasteiger partial charge in [-0.15, -0.1) is 0 Å². The van der Waals surface area contributed by atoms with Crippen molar-refractivity contribution in [3.05, 3.63) is 53.2 Å². The van der Waals surface area contributed by atoms with Crippen LogP contribution in [-0.4, -0.2) is 49.1 Å². The molecule has 1 aliphatic heterocycles. The van der Waals surface area contributed by atoms with Crippen molar-refractivity contribution in [1.29, 1.82) is 0 Å². The van der Waals surface area contributed by atoms with E-state index >= 15 is 0 Å². The topological polar surface area (TPSA) is 57.8 Å². The van der Waals surface area contributed by atoms with Gasteiger partial charge in [-0.1, -0.05) is 44.5 Å². The van der Waals surface area contributed by atoms with Crippen LogP contribution in [0.1, 0.15) is 32.8 Å². The number of anilines is 1. The summed E-state index contributed by atoms with van der Waals surface area (Å²) >= 11 is 6.51. The van der Waals surface area contributed by atoms with E-state index in [-0.39, 0.29) is 11.8 Å². The molecule has 1 aromatic heterocycles. The summed E-state index contributed by atoms with van der Waals surface area (Å²) in [5.74, 6) is 1.55. The molecule has 1 atom stereocenters. The Balaban J connectivity index is 1.50. The zero-order valence-electron chi connectivity index (χ0n) is 20.4. The first-order valence-electron chi connectivity index (χ1n) is 12.0. The van der Waals surface area contributed by atoms with Gasteiger partial charge >= 0.3 is 0 Å². The highest BCUT2D eigenvalue weighted by molar-refractivity contribution is 6.32. The molecule has 0 saturated carbocycles. The fourth-order valence-electron chi connectivity index (χ4n) is 4.55. The van der Waals surface area contributed by atoms with E-state index in [1.807, 2.05) is 43.3 Å². The molecule has 4 rings (SSSR count). The van der Waals surface area contributed by atoms with Crippen LogP contribution in [0.15, 0.2) is 42.6 Å². The number of H-pyrrole nitrogens is 1. The predicted octanol–water partition coefficient (Wildman–Crippen LogP) is 5.74. The molecule has 6 nitrogen and oxygen atoms in total. The maximum Gasteiger partial charge on any atom is 0.227 e. The number of nitrogens with one attached hydrogen (secondary N) is 1. The zero-order chi connectivity index (χ0) is 24.2. The van der Waals surface area contributed by atoms with Crippen LogP contribution < -0.4 is 14.4 Å². The van der Waals surface area contributed by atoms with Gasteiger partial charge in [-0.25, -0.2) is 0 Å². The van der Waals surface area contributed by atoms with Crippen molar-refractivity contribution in [2.24, 2.45) is 11.8 Å². The summed E-state index contributed by atoms with van der Waals surface area (Å²) < 4.78 is 11.6. The largest absolute Gasteiger partial charge is 0.489 e. The average Bonchev–Trinajstić information content (AvgIpc) is 3.15. The number of fused-ring (bicyclic) bond motifs is 2. The quantitative estimate of drug-likeness (QED) is 0.444. The molecule has 1 N–H and O–H groups in total. The number of hydrogen-bond donors (Lipinski definition) is 1. The number of halogens is 1. The Kier molecular flexibility index (Phi) is 7.57. The van der Waals surface area contributed by atoms with Crippen molar-refractivity contribution in [3.63, 3.8) is 0 Å². The minimum atomic E-state index is -0.176. The van der Waals surface area contributed by atoms with Crippen LogP contribution in [0.5, 0.6) is 11.5 Å². The van der Waals surface area contributed by atoms with Crippen LogP contribution >= 0.6 is 11.6 Å². The van der Waals surface area contributed by atoms with Gasteiger partial charge in [0, 0.05) is 44.7 Å². The van der Waals surface area contributed by atoms with E-state index in [9.17, 15) is 4.79 Å². The monoisotopic (exact) mass is 483 g/mol. The van der Waals surface area contributed by atoms with Gasteiger partial charge in [0.15, 0.2) is 11.5 Å². The summed E-state index contributed by atoms with van der Waals surface area (Å²) in [7, 11) is 2.04. The number of ether oxygens (including phenoxy) is 2. The lowest BCUT2D eigenvalue weighted by atomic mass is 10.1. The number of aromatic amines is 1. The van der Waals surface area contributed by atoms with Crippen LogP contribution in [0, 0.1) is 11.8 Å². The minimum absolute atomic E-state index is 0.127. The molecule has 1 aliphatic rings. The van der Waals surface area contributed by atoms with Crippen molar-refractivity contribution in [2.75, 3.05) is 38.3 Å². The van der Waals surface area contributed by atoms with E-state index in [0.29, 0.717) is 55.3 Å². The fraction of sp³-hybridized carbons (Fsp3) is 0.444. The number of carbonyl (C=O) groups is 1. The summed E-state index contributed by atoms with van der Waals surface area (Å²) in [6, 6.07) is 12.1. The molecule has 0 spiro atoms. The van der Waals surface area contributed by atoms with E-state index in [2.05, 4.69) is 41.9 Å². The van der Waals surface area contributed by atoms with Crippen molar-refractivity contribution < 1.29 is 14.3 Å². The van der Waals surface area contributed by atoms with E-state index in [0.717, 1.165) is 28.6 Å². The third-order valence-corrected chi connectivity index (χ3v) is 6.36. The van der Waals surface area contributed by atoms with Crippen molar-refractivity contribution in [1.82, 2.24) is 9.88 Å². The lowest BCUT2D eigenvalue weighted by Crippen LogP contribution is -2.41. The fourth-order valence-corrected chi connectivity index (χ4v) is 4.84. The number of para-hydroxylation sites is 1. The first-order valence-corrected chi connectivity index (χ1v) is 12.3. The number of aromatic nitrogens is 1. The minimum Gasteiger partial charge on any atom is -0.489 e. The molecular formula is C27H34ClN3O3. The maximum atomic E-state index is 13.6. The molecule has 1 amide bonds. The highest BCUT2D eigenvalue weighted by atomic mass is 35.5. The molecule has 0 saturated heterocycles. The average molecular weight is 484 g/mol. The van der Waals surface area contributed by atoms with Crippen LogP contribution in [0.4, 0.5) is 5.69 Å². The standard InChI is InChI=1S/C27H34ClN3O3/c1-18(2)15-31(17-20-13-22(28)26-24(14-20)33-11-6-12-34-26)27(32)19(3)16-30(4)23-8-5-7-21-9-10-29-25(21)23/h5,7-10,13-14,18-19,29H,6,11-12,15-17H2,1-4H3/t19-/m1/s1. The summed E-state index contributed by atoms with van der Waals surface area (Å²) in [6.45, 7) is 9.21. The molecule has 182 valence electrons. The normalized spacial score (nSPS) is 14.2. The van der Waals surface area contributed by atoms with Gasteiger partial charge < -0.3 is 24.3 Å². The van der Waals surface area contributed by atoms with E-state index in [1.54, 1.807) is 0 Å². The molecule has 2 aromatic carbocycles. The van der Waals surface area contributed by atoms with E-state index in [4.69, 9.17) is 21.1 Å². The number of hydrogen-bond acceptors (Lipinski definition) is 4.